The van der Waals surface area contributed by atoms with Crippen molar-refractivity contribution >= 4 is 17.7 Å². The minimum absolute atomic E-state index is 0.0404. The van der Waals surface area contributed by atoms with Crippen LogP contribution in [0, 0.1) is 5.82 Å². The number of amides is 1. The maximum Gasteiger partial charge on any atom is 0.248 e. The molecule has 0 aliphatic heterocycles. The number of carbonyl (C=O) groups is 1. The lowest BCUT2D eigenvalue weighted by molar-refractivity contribution is -0.111. The monoisotopic (exact) mass is 351 g/mol. The zero-order valence-electron chi connectivity index (χ0n) is 14.2. The number of aliphatic hydroxyl groups is 1. The summed E-state index contributed by atoms with van der Waals surface area (Å²) in [6, 6.07) is 13.1. The van der Waals surface area contributed by atoms with Crippen molar-refractivity contribution in [2.75, 3.05) is 5.32 Å². The summed E-state index contributed by atoms with van der Waals surface area (Å²) in [5.74, 6) is -0.588. The summed E-state index contributed by atoms with van der Waals surface area (Å²) < 4.78 is 14.8. The third-order valence-electron chi connectivity index (χ3n) is 3.90. The van der Waals surface area contributed by atoms with Crippen molar-refractivity contribution in [2.24, 2.45) is 7.05 Å². The molecular weight excluding hydrogens is 333 g/mol. The molecule has 0 aliphatic rings. The molecule has 1 aromatic heterocycles. The van der Waals surface area contributed by atoms with E-state index in [1.54, 1.807) is 60.4 Å². The van der Waals surface area contributed by atoms with E-state index in [4.69, 9.17) is 5.11 Å². The van der Waals surface area contributed by atoms with E-state index in [0.29, 0.717) is 5.69 Å². The van der Waals surface area contributed by atoms with Gasteiger partial charge in [-0.3, -0.25) is 9.48 Å². The van der Waals surface area contributed by atoms with Crippen LogP contribution in [0.4, 0.5) is 10.1 Å². The first kappa shape index (κ1) is 17.6. The molecule has 3 aromatic rings. The van der Waals surface area contributed by atoms with Gasteiger partial charge < -0.3 is 10.4 Å². The SMILES string of the molecule is Cn1ncc(C=CC(=O)Nc2ccc(CO)cc2)c1-c1ccc(F)cc1. The van der Waals surface area contributed by atoms with Crippen LogP contribution in [0.1, 0.15) is 11.1 Å². The second-order valence-electron chi connectivity index (χ2n) is 5.76. The first-order chi connectivity index (χ1) is 12.6. The van der Waals surface area contributed by atoms with Gasteiger partial charge in [-0.2, -0.15) is 5.10 Å². The van der Waals surface area contributed by atoms with Gasteiger partial charge in [0.05, 0.1) is 18.5 Å². The summed E-state index contributed by atoms with van der Waals surface area (Å²) in [6.45, 7) is -0.0404. The third kappa shape index (κ3) is 4.04. The fraction of sp³-hybridized carbons (Fsp3) is 0.100. The molecule has 0 fully saturated rings. The van der Waals surface area contributed by atoms with Crippen molar-refractivity contribution in [1.29, 1.82) is 0 Å². The highest BCUT2D eigenvalue weighted by Gasteiger charge is 2.09. The van der Waals surface area contributed by atoms with Crippen molar-refractivity contribution < 1.29 is 14.3 Å². The minimum atomic E-state index is -0.306. The predicted molar refractivity (Wildman–Crippen MR) is 98.6 cm³/mol. The van der Waals surface area contributed by atoms with Gasteiger partial charge in [-0.05, 0) is 48.0 Å². The number of rotatable bonds is 5. The van der Waals surface area contributed by atoms with E-state index >= 15 is 0 Å². The number of aryl methyl sites for hydroxylation is 1. The molecular formula is C20H18FN3O2. The van der Waals surface area contributed by atoms with Crippen LogP contribution in [0.2, 0.25) is 0 Å². The Kier molecular flexibility index (Phi) is 5.24. The quantitative estimate of drug-likeness (QED) is 0.693. The zero-order valence-corrected chi connectivity index (χ0v) is 14.2. The number of hydrogen-bond donors (Lipinski definition) is 2. The molecule has 26 heavy (non-hydrogen) atoms. The van der Waals surface area contributed by atoms with Gasteiger partial charge >= 0.3 is 0 Å². The molecule has 6 heteroatoms. The standard InChI is InChI=1S/C20H18FN3O2/c1-24-20(15-4-7-17(21)8-5-15)16(12-22-24)6-11-19(26)23-18-9-2-14(13-25)3-10-18/h2-12,25H,13H2,1H3,(H,23,26). The average Bonchev–Trinajstić information content (AvgIpc) is 3.02. The maximum absolute atomic E-state index is 13.1. The third-order valence-corrected chi connectivity index (χ3v) is 3.90. The molecule has 1 heterocycles. The highest BCUT2D eigenvalue weighted by Crippen LogP contribution is 2.24. The van der Waals surface area contributed by atoms with Gasteiger partial charge in [0.2, 0.25) is 5.91 Å². The molecule has 0 atom stereocenters. The van der Waals surface area contributed by atoms with Crippen molar-refractivity contribution in [1.82, 2.24) is 9.78 Å². The summed E-state index contributed by atoms with van der Waals surface area (Å²) in [6.07, 6.45) is 4.74. The van der Waals surface area contributed by atoms with Crippen LogP contribution in [-0.4, -0.2) is 20.8 Å². The summed E-state index contributed by atoms with van der Waals surface area (Å²) in [7, 11) is 1.79. The molecule has 0 saturated heterocycles. The molecule has 0 radical (unpaired) electrons. The summed E-state index contributed by atoms with van der Waals surface area (Å²) in [5.41, 5.74) is 3.77. The van der Waals surface area contributed by atoms with Gasteiger partial charge in [-0.15, -0.1) is 0 Å². The number of halogens is 1. The normalized spacial score (nSPS) is 11.0. The first-order valence-corrected chi connectivity index (χ1v) is 8.03. The lowest BCUT2D eigenvalue weighted by Gasteiger charge is -2.05. The Morgan fingerprint density at radius 1 is 1.19 bits per heavy atom. The van der Waals surface area contributed by atoms with Crippen LogP contribution >= 0.6 is 0 Å². The van der Waals surface area contributed by atoms with E-state index in [0.717, 1.165) is 22.4 Å². The number of aliphatic hydroxyl groups excluding tert-OH is 1. The fourth-order valence-corrected chi connectivity index (χ4v) is 2.58. The van der Waals surface area contributed by atoms with Gasteiger partial charge in [0.25, 0.3) is 0 Å². The number of nitrogens with one attached hydrogen (secondary N) is 1. The second kappa shape index (κ2) is 7.76. The van der Waals surface area contributed by atoms with E-state index in [-0.39, 0.29) is 18.3 Å². The average molecular weight is 351 g/mol. The van der Waals surface area contributed by atoms with Crippen LogP contribution in [0.15, 0.2) is 60.8 Å². The highest BCUT2D eigenvalue weighted by molar-refractivity contribution is 6.02. The molecule has 0 saturated carbocycles. The first-order valence-electron chi connectivity index (χ1n) is 8.03. The van der Waals surface area contributed by atoms with Crippen LogP contribution in [0.3, 0.4) is 0 Å². The Bertz CT molecular complexity index is 929. The molecule has 0 aliphatic carbocycles. The molecule has 0 unspecified atom stereocenters. The molecule has 0 bridgehead atoms. The lowest BCUT2D eigenvalue weighted by Crippen LogP contribution is -2.07. The number of hydrogen-bond acceptors (Lipinski definition) is 3. The van der Waals surface area contributed by atoms with Crippen LogP contribution in [0.5, 0.6) is 0 Å². The molecule has 2 N–H and O–H groups in total. The summed E-state index contributed by atoms with van der Waals surface area (Å²) in [5, 5.41) is 16.0. The van der Waals surface area contributed by atoms with Crippen molar-refractivity contribution in [3.05, 3.63) is 77.7 Å². The van der Waals surface area contributed by atoms with Gasteiger partial charge in [-0.25, -0.2) is 4.39 Å². The molecule has 132 valence electrons. The molecule has 1 amide bonds. The van der Waals surface area contributed by atoms with Crippen molar-refractivity contribution in [3.8, 4) is 11.3 Å². The predicted octanol–water partition coefficient (Wildman–Crippen LogP) is 3.37. The van der Waals surface area contributed by atoms with E-state index in [9.17, 15) is 9.18 Å². The minimum Gasteiger partial charge on any atom is -0.392 e. The van der Waals surface area contributed by atoms with Crippen LogP contribution in [0.25, 0.3) is 17.3 Å². The van der Waals surface area contributed by atoms with E-state index in [1.165, 1.54) is 18.2 Å². The van der Waals surface area contributed by atoms with Crippen molar-refractivity contribution in [2.45, 2.75) is 6.61 Å². The number of nitrogens with zero attached hydrogens (tertiary/aromatic N) is 2. The Balaban J connectivity index is 1.75. The Morgan fingerprint density at radius 3 is 2.54 bits per heavy atom. The van der Waals surface area contributed by atoms with Crippen molar-refractivity contribution in [3.63, 3.8) is 0 Å². The highest BCUT2D eigenvalue weighted by atomic mass is 19.1. The van der Waals surface area contributed by atoms with Gasteiger partial charge in [-0.1, -0.05) is 12.1 Å². The second-order valence-corrected chi connectivity index (χ2v) is 5.76. The lowest BCUT2D eigenvalue weighted by atomic mass is 10.1. The molecule has 5 nitrogen and oxygen atoms in total. The van der Waals surface area contributed by atoms with Crippen LogP contribution < -0.4 is 5.32 Å². The maximum atomic E-state index is 13.1. The summed E-state index contributed by atoms with van der Waals surface area (Å²) >= 11 is 0. The Hall–Kier alpha value is -3.25. The van der Waals surface area contributed by atoms with E-state index < -0.39 is 0 Å². The number of benzene rings is 2. The van der Waals surface area contributed by atoms with E-state index in [2.05, 4.69) is 10.4 Å². The molecule has 3 rings (SSSR count). The number of anilines is 1. The van der Waals surface area contributed by atoms with Crippen LogP contribution in [-0.2, 0) is 18.4 Å². The van der Waals surface area contributed by atoms with E-state index in [1.807, 2.05) is 0 Å². The zero-order chi connectivity index (χ0) is 18.5. The largest absolute Gasteiger partial charge is 0.392 e. The fourth-order valence-electron chi connectivity index (χ4n) is 2.58. The number of aromatic nitrogens is 2. The summed E-state index contributed by atoms with van der Waals surface area (Å²) in [4.78, 5) is 12.1. The topological polar surface area (TPSA) is 67.2 Å². The smallest absolute Gasteiger partial charge is 0.248 e. The van der Waals surface area contributed by atoms with Gasteiger partial charge in [0.1, 0.15) is 5.82 Å². The Labute approximate surface area is 150 Å². The molecule has 2 aromatic carbocycles. The van der Waals surface area contributed by atoms with Gasteiger partial charge in [0, 0.05) is 29.9 Å². The number of carbonyl (C=O) groups excluding carboxylic acids is 1. The molecule has 0 spiro atoms. The van der Waals surface area contributed by atoms with Gasteiger partial charge in [0.15, 0.2) is 0 Å². The Morgan fingerprint density at radius 2 is 1.88 bits per heavy atom.